The normalized spacial score (nSPS) is 21.0. The fourth-order valence-electron chi connectivity index (χ4n) is 3.19. The molecule has 0 radical (unpaired) electrons. The molecule has 138 valence electrons. The number of para-hydroxylation sites is 1. The first-order valence-corrected chi connectivity index (χ1v) is 8.96. The lowest BCUT2D eigenvalue weighted by molar-refractivity contribution is 0.0159. The van der Waals surface area contributed by atoms with Gasteiger partial charge >= 0.3 is 6.09 Å². The minimum Gasteiger partial charge on any atom is -0.444 e. The van der Waals surface area contributed by atoms with E-state index in [2.05, 4.69) is 11.8 Å². The summed E-state index contributed by atoms with van der Waals surface area (Å²) in [5.41, 5.74) is 0.783. The zero-order chi connectivity index (χ0) is 18.8. The Morgan fingerprint density at radius 3 is 2.68 bits per heavy atom. The second-order valence-corrected chi connectivity index (χ2v) is 8.07. The molecule has 2 atom stereocenters. The van der Waals surface area contributed by atoms with Crippen LogP contribution < -0.4 is 4.90 Å². The topological polar surface area (TPSA) is 49.9 Å². The molecular weight excluding hydrogens is 340 g/mol. The maximum atomic E-state index is 12.4. The zero-order valence-corrected chi connectivity index (χ0v) is 16.3. The number of piperidine rings is 1. The van der Waals surface area contributed by atoms with E-state index in [0.29, 0.717) is 23.0 Å². The third kappa shape index (κ3) is 4.66. The van der Waals surface area contributed by atoms with Crippen LogP contribution in [0.5, 0.6) is 0 Å². The highest BCUT2D eigenvalue weighted by atomic mass is 35.5. The van der Waals surface area contributed by atoms with Gasteiger partial charge in [0.1, 0.15) is 5.60 Å². The molecule has 0 spiro atoms. The van der Waals surface area contributed by atoms with Crippen LogP contribution in [0.4, 0.5) is 10.5 Å². The number of likely N-dealkylation sites (N-methyl/N-ethyl adjacent to an activating group) is 1. The summed E-state index contributed by atoms with van der Waals surface area (Å²) >= 11 is 6.35. The smallest absolute Gasteiger partial charge is 0.410 e. The molecule has 1 saturated heterocycles. The number of anilines is 1. The van der Waals surface area contributed by atoms with Gasteiger partial charge in [-0.1, -0.05) is 24.6 Å². The number of carbonyl (C=O) groups excluding carboxylic acids is 2. The molecule has 1 aliphatic heterocycles. The Morgan fingerprint density at radius 1 is 1.40 bits per heavy atom. The van der Waals surface area contributed by atoms with Gasteiger partial charge in [0.2, 0.25) is 0 Å². The SMILES string of the molecule is CC1CCN(c2c(Cl)cccc2C=O)CC1N(C)C(=O)OC(C)(C)C. The number of benzene rings is 1. The van der Waals surface area contributed by atoms with Crippen LogP contribution in [-0.4, -0.2) is 49.1 Å². The minimum absolute atomic E-state index is 0.0145. The predicted molar refractivity (Wildman–Crippen MR) is 101 cm³/mol. The molecule has 2 unspecified atom stereocenters. The van der Waals surface area contributed by atoms with Crippen molar-refractivity contribution < 1.29 is 14.3 Å². The van der Waals surface area contributed by atoms with E-state index in [1.54, 1.807) is 30.1 Å². The quantitative estimate of drug-likeness (QED) is 0.751. The fraction of sp³-hybridized carbons (Fsp3) is 0.579. The first kappa shape index (κ1) is 19.6. The van der Waals surface area contributed by atoms with Crippen molar-refractivity contribution in [1.82, 2.24) is 4.90 Å². The molecule has 0 saturated carbocycles. The second-order valence-electron chi connectivity index (χ2n) is 7.67. The molecule has 1 amide bonds. The molecule has 0 N–H and O–H groups in total. The van der Waals surface area contributed by atoms with Crippen molar-refractivity contribution >= 4 is 29.7 Å². The number of nitrogens with zero attached hydrogens (tertiary/aromatic N) is 2. The van der Waals surface area contributed by atoms with Crippen LogP contribution in [0.3, 0.4) is 0 Å². The van der Waals surface area contributed by atoms with Gasteiger partial charge in [0.05, 0.1) is 16.8 Å². The van der Waals surface area contributed by atoms with Gasteiger partial charge in [-0.05, 0) is 45.2 Å². The molecule has 1 aliphatic rings. The highest BCUT2D eigenvalue weighted by Crippen LogP contribution is 2.33. The molecule has 0 aromatic heterocycles. The molecule has 1 aromatic rings. The zero-order valence-electron chi connectivity index (χ0n) is 15.6. The summed E-state index contributed by atoms with van der Waals surface area (Å²) in [6, 6.07) is 5.30. The van der Waals surface area contributed by atoms with Gasteiger partial charge in [-0.25, -0.2) is 4.79 Å². The fourth-order valence-corrected chi connectivity index (χ4v) is 3.49. The van der Waals surface area contributed by atoms with E-state index in [1.807, 2.05) is 20.8 Å². The molecule has 2 rings (SSSR count). The average Bonchev–Trinajstić information content (AvgIpc) is 2.53. The van der Waals surface area contributed by atoms with E-state index in [0.717, 1.165) is 24.9 Å². The van der Waals surface area contributed by atoms with Crippen LogP contribution in [0, 0.1) is 5.92 Å². The van der Waals surface area contributed by atoms with Crippen LogP contribution in [0.1, 0.15) is 44.5 Å². The number of hydrogen-bond acceptors (Lipinski definition) is 4. The number of ether oxygens (including phenoxy) is 1. The van der Waals surface area contributed by atoms with Gasteiger partial charge in [-0.3, -0.25) is 4.79 Å². The summed E-state index contributed by atoms with van der Waals surface area (Å²) in [6.45, 7) is 9.11. The van der Waals surface area contributed by atoms with Gasteiger partial charge in [0, 0.05) is 25.7 Å². The summed E-state index contributed by atoms with van der Waals surface area (Å²) in [4.78, 5) is 27.6. The lowest BCUT2D eigenvalue weighted by Crippen LogP contribution is -2.53. The van der Waals surface area contributed by atoms with Gasteiger partial charge in [0.15, 0.2) is 6.29 Å². The minimum atomic E-state index is -0.531. The first-order chi connectivity index (χ1) is 11.6. The van der Waals surface area contributed by atoms with E-state index in [-0.39, 0.29) is 12.1 Å². The molecule has 0 aliphatic carbocycles. The van der Waals surface area contributed by atoms with E-state index < -0.39 is 5.60 Å². The van der Waals surface area contributed by atoms with Crippen molar-refractivity contribution in [3.63, 3.8) is 0 Å². The molecular formula is C19H27ClN2O3. The summed E-state index contributed by atoms with van der Waals surface area (Å²) in [5, 5.41) is 0.554. The third-order valence-electron chi connectivity index (χ3n) is 4.56. The molecule has 1 fully saturated rings. The second kappa shape index (κ2) is 7.65. The number of rotatable bonds is 3. The molecule has 1 heterocycles. The van der Waals surface area contributed by atoms with Crippen LogP contribution >= 0.6 is 11.6 Å². The summed E-state index contributed by atoms with van der Waals surface area (Å²) < 4.78 is 5.50. The molecule has 5 nitrogen and oxygen atoms in total. The van der Waals surface area contributed by atoms with Crippen LogP contribution in [0.25, 0.3) is 0 Å². The Hall–Kier alpha value is -1.75. The Balaban J connectivity index is 2.22. The van der Waals surface area contributed by atoms with Crippen LogP contribution in [-0.2, 0) is 4.74 Å². The Kier molecular flexibility index (Phi) is 5.99. The number of halogens is 1. The molecule has 6 heteroatoms. The molecule has 25 heavy (non-hydrogen) atoms. The van der Waals surface area contributed by atoms with Crippen molar-refractivity contribution in [2.24, 2.45) is 5.92 Å². The summed E-state index contributed by atoms with van der Waals surface area (Å²) in [5.74, 6) is 0.330. The first-order valence-electron chi connectivity index (χ1n) is 8.58. The van der Waals surface area contributed by atoms with E-state index >= 15 is 0 Å². The van der Waals surface area contributed by atoms with Crippen molar-refractivity contribution in [2.75, 3.05) is 25.0 Å². The van der Waals surface area contributed by atoms with Gasteiger partial charge in [0.25, 0.3) is 0 Å². The third-order valence-corrected chi connectivity index (χ3v) is 4.86. The van der Waals surface area contributed by atoms with Gasteiger partial charge in [-0.2, -0.15) is 0 Å². The Morgan fingerprint density at radius 2 is 2.08 bits per heavy atom. The highest BCUT2D eigenvalue weighted by Gasteiger charge is 2.34. The molecule has 0 bridgehead atoms. The van der Waals surface area contributed by atoms with Crippen LogP contribution in [0.2, 0.25) is 5.02 Å². The monoisotopic (exact) mass is 366 g/mol. The van der Waals surface area contributed by atoms with Crippen LogP contribution in [0.15, 0.2) is 18.2 Å². The lowest BCUT2D eigenvalue weighted by atomic mass is 9.92. The van der Waals surface area contributed by atoms with E-state index in [1.165, 1.54) is 0 Å². The largest absolute Gasteiger partial charge is 0.444 e. The van der Waals surface area contributed by atoms with Crippen molar-refractivity contribution in [1.29, 1.82) is 0 Å². The maximum Gasteiger partial charge on any atom is 0.410 e. The Labute approximate surface area is 154 Å². The lowest BCUT2D eigenvalue weighted by Gasteiger charge is -2.43. The van der Waals surface area contributed by atoms with Gasteiger partial charge < -0.3 is 14.5 Å². The maximum absolute atomic E-state index is 12.4. The number of hydrogen-bond donors (Lipinski definition) is 0. The Bertz CT molecular complexity index is 642. The van der Waals surface area contributed by atoms with Crippen molar-refractivity contribution in [3.05, 3.63) is 28.8 Å². The summed E-state index contributed by atoms with van der Waals surface area (Å²) in [7, 11) is 1.77. The van der Waals surface area contributed by atoms with E-state index in [4.69, 9.17) is 16.3 Å². The molecule has 1 aromatic carbocycles. The number of aldehydes is 1. The standard InChI is InChI=1S/C19H27ClN2O3/c1-13-9-10-22(17-14(12-23)7-6-8-15(17)20)11-16(13)21(5)18(24)25-19(2,3)4/h6-8,12-13,16H,9-11H2,1-5H3. The number of amides is 1. The van der Waals surface area contributed by atoms with Gasteiger partial charge in [-0.15, -0.1) is 0 Å². The highest BCUT2D eigenvalue weighted by molar-refractivity contribution is 6.33. The average molecular weight is 367 g/mol. The van der Waals surface area contributed by atoms with Crippen molar-refractivity contribution in [3.8, 4) is 0 Å². The van der Waals surface area contributed by atoms with Crippen molar-refractivity contribution in [2.45, 2.75) is 45.8 Å². The predicted octanol–water partition coefficient (Wildman–Crippen LogP) is 4.23. The summed E-state index contributed by atoms with van der Waals surface area (Å²) in [6.07, 6.45) is 1.40. The van der Waals surface area contributed by atoms with E-state index in [9.17, 15) is 9.59 Å². The number of carbonyl (C=O) groups is 2.